The zero-order valence-electron chi connectivity index (χ0n) is 7.72. The minimum absolute atomic E-state index is 0.222. The van der Waals surface area contributed by atoms with Gasteiger partial charge in [-0.3, -0.25) is 0 Å². The summed E-state index contributed by atoms with van der Waals surface area (Å²) in [5.41, 5.74) is 6.57. The number of rotatable bonds is 3. The molecule has 0 aliphatic heterocycles. The lowest BCUT2D eigenvalue weighted by atomic mass is 10.1. The lowest BCUT2D eigenvalue weighted by Gasteiger charge is -2.08. The lowest BCUT2D eigenvalue weighted by Crippen LogP contribution is -2.29. The molecule has 1 rings (SSSR count). The summed E-state index contributed by atoms with van der Waals surface area (Å²) in [6, 6.07) is 9.60. The Kier molecular flexibility index (Phi) is 3.68. The number of benzene rings is 1. The van der Waals surface area contributed by atoms with Crippen LogP contribution in [0.3, 0.4) is 0 Å². The maximum atomic E-state index is 9.38. The van der Waals surface area contributed by atoms with Crippen molar-refractivity contribution >= 4 is 6.08 Å². The van der Waals surface area contributed by atoms with E-state index in [-0.39, 0.29) is 6.04 Å². The number of aliphatic hydroxyl groups excluding tert-OH is 1. The van der Waals surface area contributed by atoms with Crippen molar-refractivity contribution in [3.63, 3.8) is 0 Å². The zero-order valence-corrected chi connectivity index (χ0v) is 7.72. The van der Waals surface area contributed by atoms with E-state index in [0.717, 1.165) is 5.56 Å². The molecule has 2 heteroatoms. The van der Waals surface area contributed by atoms with E-state index >= 15 is 0 Å². The lowest BCUT2D eigenvalue weighted by molar-refractivity contribution is 0.199. The van der Waals surface area contributed by atoms with Gasteiger partial charge < -0.3 is 10.8 Å². The van der Waals surface area contributed by atoms with Crippen LogP contribution in [0.4, 0.5) is 0 Å². The smallest absolute Gasteiger partial charge is 0.0872 e. The summed E-state index contributed by atoms with van der Waals surface area (Å²) in [5, 5.41) is 9.38. The van der Waals surface area contributed by atoms with Gasteiger partial charge in [0.1, 0.15) is 0 Å². The molecule has 1 aromatic carbocycles. The Morgan fingerprint density at radius 3 is 2.46 bits per heavy atom. The Bertz CT molecular complexity index is 267. The third-order valence-corrected chi connectivity index (χ3v) is 1.82. The van der Waals surface area contributed by atoms with Crippen LogP contribution in [-0.2, 0) is 0 Å². The van der Waals surface area contributed by atoms with Crippen molar-refractivity contribution in [2.45, 2.75) is 19.1 Å². The SMILES string of the molecule is C[C@H](N)C(O)/C=C/c1ccccc1. The fraction of sp³-hybridized carbons (Fsp3) is 0.273. The van der Waals surface area contributed by atoms with Gasteiger partial charge in [-0.1, -0.05) is 42.5 Å². The average molecular weight is 177 g/mol. The average Bonchev–Trinajstić information content (AvgIpc) is 2.15. The van der Waals surface area contributed by atoms with E-state index < -0.39 is 6.10 Å². The molecule has 0 aliphatic rings. The quantitative estimate of drug-likeness (QED) is 0.733. The summed E-state index contributed by atoms with van der Waals surface area (Å²) in [4.78, 5) is 0. The molecule has 2 nitrogen and oxygen atoms in total. The highest BCUT2D eigenvalue weighted by molar-refractivity contribution is 5.49. The van der Waals surface area contributed by atoms with Crippen LogP contribution in [0.5, 0.6) is 0 Å². The highest BCUT2D eigenvalue weighted by atomic mass is 16.3. The minimum Gasteiger partial charge on any atom is -0.387 e. The zero-order chi connectivity index (χ0) is 9.68. The molecule has 0 spiro atoms. The molecule has 1 unspecified atom stereocenters. The molecular weight excluding hydrogens is 162 g/mol. The molecule has 0 aromatic heterocycles. The second-order valence-corrected chi connectivity index (χ2v) is 3.12. The highest BCUT2D eigenvalue weighted by Crippen LogP contribution is 2.02. The first kappa shape index (κ1) is 9.96. The van der Waals surface area contributed by atoms with Crippen LogP contribution in [0.25, 0.3) is 6.08 Å². The van der Waals surface area contributed by atoms with Crippen LogP contribution in [0, 0.1) is 0 Å². The number of aliphatic hydroxyl groups is 1. The van der Waals surface area contributed by atoms with E-state index in [2.05, 4.69) is 0 Å². The van der Waals surface area contributed by atoms with Gasteiger partial charge in [0, 0.05) is 6.04 Å². The highest BCUT2D eigenvalue weighted by Gasteiger charge is 2.03. The molecule has 0 saturated heterocycles. The third kappa shape index (κ3) is 3.40. The van der Waals surface area contributed by atoms with Crippen LogP contribution in [0.2, 0.25) is 0 Å². The van der Waals surface area contributed by atoms with Gasteiger partial charge in [-0.2, -0.15) is 0 Å². The van der Waals surface area contributed by atoms with Crippen LogP contribution >= 0.6 is 0 Å². The molecule has 0 heterocycles. The Morgan fingerprint density at radius 1 is 1.31 bits per heavy atom. The first-order valence-corrected chi connectivity index (χ1v) is 4.37. The topological polar surface area (TPSA) is 46.2 Å². The van der Waals surface area contributed by atoms with Crippen molar-refractivity contribution in [1.82, 2.24) is 0 Å². The molecule has 3 N–H and O–H groups in total. The van der Waals surface area contributed by atoms with E-state index in [0.29, 0.717) is 0 Å². The van der Waals surface area contributed by atoms with Crippen molar-refractivity contribution in [2.75, 3.05) is 0 Å². The standard InChI is InChI=1S/C11H15NO/c1-9(12)11(13)8-7-10-5-3-2-4-6-10/h2-9,11,13H,12H2,1H3/b8-7+/t9-,11?/m0/s1. The van der Waals surface area contributed by atoms with Gasteiger partial charge in [0.15, 0.2) is 0 Å². The van der Waals surface area contributed by atoms with Gasteiger partial charge in [0.2, 0.25) is 0 Å². The van der Waals surface area contributed by atoms with Gasteiger partial charge in [0.25, 0.3) is 0 Å². The Hall–Kier alpha value is -1.12. The van der Waals surface area contributed by atoms with Crippen molar-refractivity contribution in [1.29, 1.82) is 0 Å². The monoisotopic (exact) mass is 177 g/mol. The molecule has 13 heavy (non-hydrogen) atoms. The summed E-state index contributed by atoms with van der Waals surface area (Å²) >= 11 is 0. The fourth-order valence-corrected chi connectivity index (χ4v) is 0.949. The van der Waals surface area contributed by atoms with Gasteiger partial charge in [-0.15, -0.1) is 0 Å². The summed E-state index contributed by atoms with van der Waals surface area (Å²) in [7, 11) is 0. The Morgan fingerprint density at radius 2 is 1.92 bits per heavy atom. The van der Waals surface area contributed by atoms with Crippen molar-refractivity contribution < 1.29 is 5.11 Å². The van der Waals surface area contributed by atoms with Gasteiger partial charge in [0.05, 0.1) is 6.10 Å². The largest absolute Gasteiger partial charge is 0.387 e. The van der Waals surface area contributed by atoms with Gasteiger partial charge in [-0.25, -0.2) is 0 Å². The van der Waals surface area contributed by atoms with Crippen molar-refractivity contribution in [2.24, 2.45) is 5.73 Å². The van der Waals surface area contributed by atoms with E-state index in [4.69, 9.17) is 5.73 Å². The van der Waals surface area contributed by atoms with Crippen LogP contribution in [0.15, 0.2) is 36.4 Å². The summed E-state index contributed by atoms with van der Waals surface area (Å²) < 4.78 is 0. The van der Waals surface area contributed by atoms with Crippen molar-refractivity contribution in [3.05, 3.63) is 42.0 Å². The normalized spacial score (nSPS) is 15.9. The molecule has 0 saturated carbocycles. The maximum Gasteiger partial charge on any atom is 0.0872 e. The summed E-state index contributed by atoms with van der Waals surface area (Å²) in [6.07, 6.45) is 3.01. The van der Waals surface area contributed by atoms with Crippen molar-refractivity contribution in [3.8, 4) is 0 Å². The predicted molar refractivity (Wildman–Crippen MR) is 55.1 cm³/mol. The molecular formula is C11H15NO. The van der Waals surface area contributed by atoms with E-state index in [1.54, 1.807) is 13.0 Å². The van der Waals surface area contributed by atoms with Crippen LogP contribution < -0.4 is 5.73 Å². The number of hydrogen-bond acceptors (Lipinski definition) is 2. The summed E-state index contributed by atoms with van der Waals surface area (Å²) in [6.45, 7) is 1.78. The molecule has 0 bridgehead atoms. The molecule has 70 valence electrons. The van der Waals surface area contributed by atoms with Crippen LogP contribution in [0.1, 0.15) is 12.5 Å². The molecule has 0 amide bonds. The first-order chi connectivity index (χ1) is 6.20. The predicted octanol–water partition coefficient (Wildman–Crippen LogP) is 1.41. The fourth-order valence-electron chi connectivity index (χ4n) is 0.949. The van der Waals surface area contributed by atoms with Crippen LogP contribution in [-0.4, -0.2) is 17.3 Å². The molecule has 0 aliphatic carbocycles. The minimum atomic E-state index is -0.569. The molecule has 1 aromatic rings. The van der Waals surface area contributed by atoms with E-state index in [1.807, 2.05) is 36.4 Å². The van der Waals surface area contributed by atoms with Gasteiger partial charge in [-0.05, 0) is 12.5 Å². The van der Waals surface area contributed by atoms with Gasteiger partial charge >= 0.3 is 0 Å². The third-order valence-electron chi connectivity index (χ3n) is 1.82. The number of hydrogen-bond donors (Lipinski definition) is 2. The molecule has 0 radical (unpaired) electrons. The molecule has 2 atom stereocenters. The Balaban J connectivity index is 2.59. The maximum absolute atomic E-state index is 9.38. The molecule has 0 fully saturated rings. The van der Waals surface area contributed by atoms with E-state index in [9.17, 15) is 5.11 Å². The summed E-state index contributed by atoms with van der Waals surface area (Å²) in [5.74, 6) is 0. The second kappa shape index (κ2) is 4.80. The number of nitrogens with two attached hydrogens (primary N) is 1. The Labute approximate surface area is 78.7 Å². The van der Waals surface area contributed by atoms with E-state index in [1.165, 1.54) is 0 Å². The first-order valence-electron chi connectivity index (χ1n) is 4.37. The second-order valence-electron chi connectivity index (χ2n) is 3.12.